The van der Waals surface area contributed by atoms with Gasteiger partial charge in [-0.15, -0.1) is 5.10 Å². The van der Waals surface area contributed by atoms with Crippen molar-refractivity contribution in [3.05, 3.63) is 34.8 Å². The van der Waals surface area contributed by atoms with E-state index in [9.17, 15) is 0 Å². The number of hydrogen-bond acceptors (Lipinski definition) is 6. The van der Waals surface area contributed by atoms with Gasteiger partial charge in [-0.25, -0.2) is 0 Å². The van der Waals surface area contributed by atoms with Crippen molar-refractivity contribution in [2.75, 3.05) is 11.9 Å². The van der Waals surface area contributed by atoms with Crippen molar-refractivity contribution in [1.82, 2.24) is 25.0 Å². The lowest BCUT2D eigenvalue weighted by Gasteiger charge is -2.05. The normalized spacial score (nSPS) is 10.8. The Bertz CT molecular complexity index is 602. The second kappa shape index (κ2) is 4.46. The zero-order valence-electron chi connectivity index (χ0n) is 8.95. The third-order valence-electron chi connectivity index (χ3n) is 2.41. The highest BCUT2D eigenvalue weighted by Gasteiger charge is 2.02. The number of nitrogens with one attached hydrogen (secondary N) is 1. The van der Waals surface area contributed by atoms with E-state index in [1.165, 1.54) is 5.56 Å². The fraction of sp³-hybridized carbons (Fsp3) is 0.200. The van der Waals surface area contributed by atoms with E-state index in [1.54, 1.807) is 28.2 Å². The Morgan fingerprint density at radius 3 is 3.24 bits per heavy atom. The number of fused-ring (bicyclic) bond motifs is 1. The molecule has 3 heterocycles. The maximum atomic E-state index is 4.08. The van der Waals surface area contributed by atoms with Gasteiger partial charge in [0.05, 0.1) is 12.4 Å². The molecule has 0 aliphatic heterocycles. The molecule has 0 aliphatic rings. The summed E-state index contributed by atoms with van der Waals surface area (Å²) in [4.78, 5) is 4.08. The molecule has 3 rings (SSSR count). The van der Waals surface area contributed by atoms with Crippen molar-refractivity contribution in [1.29, 1.82) is 0 Å². The van der Waals surface area contributed by atoms with Crippen molar-refractivity contribution >= 4 is 22.8 Å². The van der Waals surface area contributed by atoms with Crippen LogP contribution in [0.3, 0.4) is 0 Å². The number of rotatable bonds is 4. The summed E-state index contributed by atoms with van der Waals surface area (Å²) in [5, 5.41) is 18.8. The highest BCUT2D eigenvalue weighted by atomic mass is 32.1. The molecule has 0 bridgehead atoms. The van der Waals surface area contributed by atoms with Crippen LogP contribution in [0, 0.1) is 0 Å². The second-order valence-electron chi connectivity index (χ2n) is 3.55. The number of anilines is 1. The van der Waals surface area contributed by atoms with Crippen LogP contribution in [-0.4, -0.2) is 31.6 Å². The summed E-state index contributed by atoms with van der Waals surface area (Å²) < 4.78 is 1.64. The van der Waals surface area contributed by atoms with E-state index < -0.39 is 0 Å². The maximum Gasteiger partial charge on any atom is 0.199 e. The zero-order valence-corrected chi connectivity index (χ0v) is 9.76. The lowest BCUT2D eigenvalue weighted by atomic mass is 10.2. The van der Waals surface area contributed by atoms with Crippen molar-refractivity contribution in [2.24, 2.45) is 0 Å². The van der Waals surface area contributed by atoms with Crippen molar-refractivity contribution in [3.63, 3.8) is 0 Å². The van der Waals surface area contributed by atoms with Gasteiger partial charge in [0.2, 0.25) is 0 Å². The lowest BCUT2D eigenvalue weighted by Crippen LogP contribution is -2.09. The molecule has 7 heteroatoms. The molecule has 0 saturated heterocycles. The molecule has 0 aromatic carbocycles. The first kappa shape index (κ1) is 10.2. The summed E-state index contributed by atoms with van der Waals surface area (Å²) in [5.41, 5.74) is 1.98. The molecule has 6 nitrogen and oxygen atoms in total. The number of nitrogens with zero attached hydrogens (tertiary/aromatic N) is 5. The number of aromatic nitrogens is 5. The first-order valence-corrected chi connectivity index (χ1v) is 6.15. The topological polar surface area (TPSA) is 68.0 Å². The van der Waals surface area contributed by atoms with Crippen LogP contribution in [0.15, 0.2) is 29.2 Å². The molecule has 17 heavy (non-hydrogen) atoms. The van der Waals surface area contributed by atoms with Crippen molar-refractivity contribution < 1.29 is 0 Å². The van der Waals surface area contributed by atoms with E-state index in [-0.39, 0.29) is 0 Å². The van der Waals surface area contributed by atoms with Crippen molar-refractivity contribution in [3.8, 4) is 0 Å². The average Bonchev–Trinajstić information content (AvgIpc) is 2.99. The molecule has 0 saturated carbocycles. The molecule has 0 amide bonds. The fourth-order valence-electron chi connectivity index (χ4n) is 1.57. The zero-order chi connectivity index (χ0) is 11.5. The van der Waals surface area contributed by atoms with Gasteiger partial charge in [-0.3, -0.25) is 4.98 Å². The van der Waals surface area contributed by atoms with E-state index >= 15 is 0 Å². The quantitative estimate of drug-likeness (QED) is 0.750. The average molecular weight is 246 g/mol. The molecule has 0 fully saturated rings. The summed E-state index contributed by atoms with van der Waals surface area (Å²) in [6.07, 6.45) is 4.32. The molecule has 0 spiro atoms. The summed E-state index contributed by atoms with van der Waals surface area (Å²) in [5.74, 6) is 0.808. The highest BCUT2D eigenvalue weighted by molar-refractivity contribution is 7.07. The molecular formula is C10H10N6S. The molecule has 0 atom stereocenters. The molecule has 86 valence electrons. The van der Waals surface area contributed by atoms with E-state index in [0.29, 0.717) is 5.65 Å². The largest absolute Gasteiger partial charge is 0.368 e. The Labute approximate surface area is 101 Å². The third kappa shape index (κ3) is 2.09. The number of tetrazole rings is 1. The van der Waals surface area contributed by atoms with E-state index in [1.807, 2.05) is 0 Å². The molecule has 0 radical (unpaired) electrons. The van der Waals surface area contributed by atoms with Crippen LogP contribution in [-0.2, 0) is 6.42 Å². The highest BCUT2D eigenvalue weighted by Crippen LogP contribution is 2.08. The smallest absolute Gasteiger partial charge is 0.199 e. The van der Waals surface area contributed by atoms with Crippen LogP contribution in [0.5, 0.6) is 0 Å². The Balaban J connectivity index is 1.70. The minimum Gasteiger partial charge on any atom is -0.368 e. The second-order valence-corrected chi connectivity index (χ2v) is 4.33. The number of hydrogen-bond donors (Lipinski definition) is 1. The maximum absolute atomic E-state index is 4.08. The van der Waals surface area contributed by atoms with Gasteiger partial charge in [0.1, 0.15) is 5.82 Å². The van der Waals surface area contributed by atoms with Crippen LogP contribution >= 0.6 is 11.3 Å². The van der Waals surface area contributed by atoms with Gasteiger partial charge in [-0.1, -0.05) is 0 Å². The number of thiophene rings is 1. The molecular weight excluding hydrogens is 236 g/mol. The van der Waals surface area contributed by atoms with Gasteiger partial charge in [0, 0.05) is 6.54 Å². The van der Waals surface area contributed by atoms with Gasteiger partial charge in [0.15, 0.2) is 5.65 Å². The third-order valence-corrected chi connectivity index (χ3v) is 3.14. The van der Waals surface area contributed by atoms with E-state index in [4.69, 9.17) is 0 Å². The first-order valence-electron chi connectivity index (χ1n) is 5.20. The molecule has 3 aromatic rings. The monoisotopic (exact) mass is 246 g/mol. The predicted molar refractivity (Wildman–Crippen MR) is 65.1 cm³/mol. The minimum atomic E-state index is 0.644. The Morgan fingerprint density at radius 2 is 2.35 bits per heavy atom. The van der Waals surface area contributed by atoms with Crippen molar-refractivity contribution in [2.45, 2.75) is 6.42 Å². The Morgan fingerprint density at radius 1 is 1.35 bits per heavy atom. The summed E-state index contributed by atoms with van der Waals surface area (Å²) in [6.45, 7) is 0.831. The van der Waals surface area contributed by atoms with Crippen LogP contribution in [0.1, 0.15) is 5.56 Å². The summed E-state index contributed by atoms with van der Waals surface area (Å²) in [6, 6.07) is 2.13. The van der Waals surface area contributed by atoms with Gasteiger partial charge in [-0.05, 0) is 39.2 Å². The van der Waals surface area contributed by atoms with E-state index in [2.05, 4.69) is 42.7 Å². The van der Waals surface area contributed by atoms with Gasteiger partial charge in [-0.2, -0.15) is 15.9 Å². The van der Waals surface area contributed by atoms with Crippen LogP contribution in [0.4, 0.5) is 5.82 Å². The molecule has 3 aromatic heterocycles. The molecule has 0 unspecified atom stereocenters. The Hall–Kier alpha value is -2.02. The van der Waals surface area contributed by atoms with Crippen LogP contribution in [0.2, 0.25) is 0 Å². The summed E-state index contributed by atoms with van der Waals surface area (Å²) >= 11 is 1.71. The van der Waals surface area contributed by atoms with Crippen LogP contribution < -0.4 is 5.32 Å². The standard InChI is InChI=1S/C10H10N6S/c1(8-2-4-17-7-8)3-12-9-5-11-6-10-13-14-15-16(9)10/h2,4-7,12H,1,3H2. The van der Waals surface area contributed by atoms with Gasteiger partial charge >= 0.3 is 0 Å². The van der Waals surface area contributed by atoms with Gasteiger partial charge in [0.25, 0.3) is 0 Å². The summed E-state index contributed by atoms with van der Waals surface area (Å²) in [7, 11) is 0. The van der Waals surface area contributed by atoms with E-state index in [0.717, 1.165) is 18.8 Å². The predicted octanol–water partition coefficient (Wildman–Crippen LogP) is 1.24. The SMILES string of the molecule is c1cc(CCNc2cncc3nnnn23)cs1. The lowest BCUT2D eigenvalue weighted by molar-refractivity contribution is 0.818. The fourth-order valence-corrected chi connectivity index (χ4v) is 2.27. The van der Waals surface area contributed by atoms with Crippen LogP contribution in [0.25, 0.3) is 5.65 Å². The Kier molecular flexibility index (Phi) is 2.66. The first-order chi connectivity index (χ1) is 8.43. The van der Waals surface area contributed by atoms with Gasteiger partial charge < -0.3 is 5.32 Å². The molecule has 0 aliphatic carbocycles. The molecule has 1 N–H and O–H groups in total. The minimum absolute atomic E-state index is 0.644.